The number of ether oxygens (including phenoxy) is 4. The summed E-state index contributed by atoms with van der Waals surface area (Å²) in [6.07, 6.45) is -0.583. The summed E-state index contributed by atoms with van der Waals surface area (Å²) in [5, 5.41) is 0. The highest BCUT2D eigenvalue weighted by Crippen LogP contribution is 2.49. The van der Waals surface area contributed by atoms with Crippen LogP contribution >= 0.6 is 0 Å². The summed E-state index contributed by atoms with van der Waals surface area (Å²) < 4.78 is 124. The Kier molecular flexibility index (Phi) is 14.4. The summed E-state index contributed by atoms with van der Waals surface area (Å²) in [6.45, 7) is 2.75. The van der Waals surface area contributed by atoms with Gasteiger partial charge in [-0.25, -0.2) is 23.2 Å². The Bertz CT molecular complexity index is 1580. The predicted octanol–water partition coefficient (Wildman–Crippen LogP) is 9.57. The van der Waals surface area contributed by atoms with Crippen LogP contribution in [0, 0.1) is 0 Å². The van der Waals surface area contributed by atoms with Crippen molar-refractivity contribution >= 4 is 17.9 Å². The number of esters is 3. The predicted molar refractivity (Wildman–Crippen MR) is 169 cm³/mol. The average Bonchev–Trinajstić information content (AvgIpc) is 3.10. The molecular formula is C36H36F8O7. The average molecular weight is 733 g/mol. The molecule has 0 radical (unpaired) electrons. The molecule has 0 saturated heterocycles. The zero-order valence-corrected chi connectivity index (χ0v) is 27.6. The summed E-state index contributed by atoms with van der Waals surface area (Å²) in [5.74, 6) is -23.0. The molecule has 0 aliphatic heterocycles. The molecule has 0 spiro atoms. The molecule has 51 heavy (non-hydrogen) atoms. The van der Waals surface area contributed by atoms with Crippen LogP contribution in [0.15, 0.2) is 72.8 Å². The third kappa shape index (κ3) is 10.7. The molecule has 15 heteroatoms. The van der Waals surface area contributed by atoms with Crippen LogP contribution in [0.2, 0.25) is 0 Å². The maximum atomic E-state index is 13.6. The van der Waals surface area contributed by atoms with Crippen molar-refractivity contribution in [1.82, 2.24) is 0 Å². The molecule has 0 bridgehead atoms. The molecule has 0 saturated carbocycles. The number of alkyl halides is 8. The van der Waals surface area contributed by atoms with E-state index in [0.717, 1.165) is 32.1 Å². The maximum absolute atomic E-state index is 13.6. The minimum atomic E-state index is -6.69. The number of hydrogen-bond acceptors (Lipinski definition) is 7. The lowest BCUT2D eigenvalue weighted by Gasteiger charge is -2.30. The number of halogens is 8. The van der Waals surface area contributed by atoms with Crippen molar-refractivity contribution in [2.24, 2.45) is 0 Å². The first kappa shape index (κ1) is 40.7. The van der Waals surface area contributed by atoms with Gasteiger partial charge in [0.2, 0.25) is 0 Å². The fourth-order valence-corrected chi connectivity index (χ4v) is 4.51. The molecule has 1 atom stereocenters. The molecule has 3 aromatic rings. The summed E-state index contributed by atoms with van der Waals surface area (Å²) >= 11 is 0. The molecule has 3 rings (SSSR count). The van der Waals surface area contributed by atoms with E-state index in [1.54, 1.807) is 36.4 Å². The number of unbranched alkanes of at least 4 members (excludes halogenated alkanes) is 3. The monoisotopic (exact) mass is 732 g/mol. The Hall–Kier alpha value is -4.69. The van der Waals surface area contributed by atoms with Crippen LogP contribution in [0.4, 0.5) is 35.1 Å². The van der Waals surface area contributed by atoms with Gasteiger partial charge in [-0.2, -0.15) is 26.3 Å². The zero-order chi connectivity index (χ0) is 37.8. The van der Waals surface area contributed by atoms with E-state index in [1.165, 1.54) is 36.4 Å². The number of carbonyl (C=O) groups is 3. The van der Waals surface area contributed by atoms with Gasteiger partial charge in [-0.1, -0.05) is 50.5 Å². The van der Waals surface area contributed by atoms with E-state index in [-0.39, 0.29) is 36.2 Å². The molecular weight excluding hydrogens is 696 g/mol. The van der Waals surface area contributed by atoms with Gasteiger partial charge in [-0.15, -0.1) is 0 Å². The Morgan fingerprint density at radius 2 is 1.20 bits per heavy atom. The topological polar surface area (TPSA) is 88.1 Å². The molecule has 0 aliphatic carbocycles. The van der Waals surface area contributed by atoms with E-state index in [1.807, 2.05) is 6.92 Å². The zero-order valence-electron chi connectivity index (χ0n) is 27.6. The van der Waals surface area contributed by atoms with E-state index in [9.17, 15) is 49.5 Å². The summed E-state index contributed by atoms with van der Waals surface area (Å²) in [5.41, 5.74) is 2.00. The first-order valence-corrected chi connectivity index (χ1v) is 16.0. The Morgan fingerprint density at radius 1 is 0.667 bits per heavy atom. The SMILES string of the molecule is CCCCCC[C@@H](C)OC(=O)c1ccc(OC(=O)c2ccc(-c3ccc(OCCCOC(=O)C(F)(F)C(F)(F)C(F)(F)C(F)F)cc3)cc2)cc1. The maximum Gasteiger partial charge on any atom is 0.410 e. The fourth-order valence-electron chi connectivity index (χ4n) is 4.51. The van der Waals surface area contributed by atoms with Crippen molar-refractivity contribution in [1.29, 1.82) is 0 Å². The number of rotatable bonds is 19. The molecule has 0 heterocycles. The van der Waals surface area contributed by atoms with Crippen molar-refractivity contribution in [3.63, 3.8) is 0 Å². The highest BCUT2D eigenvalue weighted by Gasteiger charge is 2.79. The van der Waals surface area contributed by atoms with Crippen molar-refractivity contribution in [2.45, 2.75) is 82.7 Å². The Balaban J connectivity index is 1.44. The molecule has 0 N–H and O–H groups in total. The summed E-state index contributed by atoms with van der Waals surface area (Å²) in [4.78, 5) is 36.4. The van der Waals surface area contributed by atoms with Gasteiger partial charge in [0.1, 0.15) is 11.5 Å². The standard InChI is InChI=1S/C36H36F8O7/c1-3-4-5-6-8-23(2)50-30(45)27-15-19-29(20-16-27)51-31(46)26-11-9-24(10-12-26)25-13-17-28(18-14-25)48-21-7-22-49-33(47)35(41,42)36(43,44)34(39,40)32(37)38/h9-20,23,32H,3-8,21-22H2,1-2H3/t23-/m1/s1. The van der Waals surface area contributed by atoms with Gasteiger partial charge in [-0.05, 0) is 79.4 Å². The van der Waals surface area contributed by atoms with Crippen LogP contribution in [0.3, 0.4) is 0 Å². The van der Waals surface area contributed by atoms with Gasteiger partial charge in [-0.3, -0.25) is 0 Å². The second-order valence-corrected chi connectivity index (χ2v) is 11.5. The van der Waals surface area contributed by atoms with Crippen LogP contribution < -0.4 is 9.47 Å². The van der Waals surface area contributed by atoms with Gasteiger partial charge in [0.05, 0.1) is 30.4 Å². The molecule has 3 aromatic carbocycles. The first-order chi connectivity index (χ1) is 24.0. The van der Waals surface area contributed by atoms with E-state index >= 15 is 0 Å². The number of hydrogen-bond donors (Lipinski definition) is 0. The third-order valence-electron chi connectivity index (χ3n) is 7.52. The van der Waals surface area contributed by atoms with Crippen LogP contribution in [0.25, 0.3) is 11.1 Å². The lowest BCUT2D eigenvalue weighted by Crippen LogP contribution is -2.61. The molecule has 0 amide bonds. The number of carbonyl (C=O) groups excluding carboxylic acids is 3. The van der Waals surface area contributed by atoms with Crippen molar-refractivity contribution < 1.29 is 68.5 Å². The summed E-state index contributed by atoms with van der Waals surface area (Å²) in [7, 11) is 0. The largest absolute Gasteiger partial charge is 0.493 e. The van der Waals surface area contributed by atoms with Crippen LogP contribution in [0.5, 0.6) is 11.5 Å². The van der Waals surface area contributed by atoms with Crippen molar-refractivity contribution in [3.05, 3.63) is 83.9 Å². The molecule has 278 valence electrons. The molecule has 0 aliphatic rings. The Labute approximate surface area is 288 Å². The lowest BCUT2D eigenvalue weighted by molar-refractivity contribution is -0.332. The summed E-state index contributed by atoms with van der Waals surface area (Å²) in [6, 6.07) is 18.8. The molecule has 7 nitrogen and oxygen atoms in total. The first-order valence-electron chi connectivity index (χ1n) is 16.0. The van der Waals surface area contributed by atoms with Gasteiger partial charge in [0.15, 0.2) is 0 Å². The molecule has 0 aromatic heterocycles. The minimum Gasteiger partial charge on any atom is -0.493 e. The minimum absolute atomic E-state index is 0.213. The quantitative estimate of drug-likeness (QED) is 0.0525. The normalized spacial score (nSPS) is 12.7. The molecule has 0 unspecified atom stereocenters. The van der Waals surface area contributed by atoms with Crippen LogP contribution in [0.1, 0.15) is 73.1 Å². The van der Waals surface area contributed by atoms with Crippen LogP contribution in [-0.2, 0) is 14.3 Å². The Morgan fingerprint density at radius 3 is 1.76 bits per heavy atom. The fraction of sp³-hybridized carbons (Fsp3) is 0.417. The van der Waals surface area contributed by atoms with E-state index < -0.39 is 48.7 Å². The number of benzene rings is 3. The highest BCUT2D eigenvalue weighted by molar-refractivity contribution is 5.92. The van der Waals surface area contributed by atoms with Gasteiger partial charge < -0.3 is 18.9 Å². The van der Waals surface area contributed by atoms with Gasteiger partial charge >= 0.3 is 42.1 Å². The van der Waals surface area contributed by atoms with Gasteiger partial charge in [0, 0.05) is 6.42 Å². The lowest BCUT2D eigenvalue weighted by atomic mass is 10.0. The highest BCUT2D eigenvalue weighted by atomic mass is 19.4. The molecule has 0 fully saturated rings. The second-order valence-electron chi connectivity index (χ2n) is 11.5. The van der Waals surface area contributed by atoms with E-state index in [2.05, 4.69) is 11.7 Å². The van der Waals surface area contributed by atoms with Crippen molar-refractivity contribution in [3.8, 4) is 22.6 Å². The second kappa shape index (κ2) is 18.0. The van der Waals surface area contributed by atoms with E-state index in [0.29, 0.717) is 16.7 Å². The van der Waals surface area contributed by atoms with Crippen molar-refractivity contribution in [2.75, 3.05) is 13.2 Å². The van der Waals surface area contributed by atoms with E-state index in [4.69, 9.17) is 14.2 Å². The third-order valence-corrected chi connectivity index (χ3v) is 7.52. The van der Waals surface area contributed by atoms with Gasteiger partial charge in [0.25, 0.3) is 0 Å². The van der Waals surface area contributed by atoms with Crippen LogP contribution in [-0.4, -0.2) is 61.4 Å². The smallest absolute Gasteiger partial charge is 0.410 e.